The summed E-state index contributed by atoms with van der Waals surface area (Å²) in [6, 6.07) is 48.4. The lowest BCUT2D eigenvalue weighted by molar-refractivity contribution is -0.0490. The van der Waals surface area contributed by atoms with Gasteiger partial charge in [-0.15, -0.1) is 0 Å². The molecule has 21 rings (SSSR count). The largest absolute Gasteiger partial charge is 0.497 e. The summed E-state index contributed by atoms with van der Waals surface area (Å²) in [4.78, 5) is 49.9. The second kappa shape index (κ2) is 44.1. The minimum absolute atomic E-state index is 0.188. The lowest BCUT2D eigenvalue weighted by Crippen LogP contribution is -2.46. The van der Waals surface area contributed by atoms with Gasteiger partial charge in [0.1, 0.15) is 40.2 Å². The van der Waals surface area contributed by atoms with Gasteiger partial charge in [0.05, 0.1) is 185 Å². The lowest BCUT2D eigenvalue weighted by atomic mass is 9.92. The third-order valence-corrected chi connectivity index (χ3v) is 26.3. The average Bonchev–Trinajstić information content (AvgIpc) is 1.72. The van der Waals surface area contributed by atoms with E-state index < -0.39 is 0 Å². The second-order valence-electron chi connectivity index (χ2n) is 36.0. The van der Waals surface area contributed by atoms with Gasteiger partial charge in [-0.3, -0.25) is 38.7 Å². The Morgan fingerprint density at radius 2 is 0.712 bits per heavy atom. The number of benzene rings is 8. The molecule has 5 N–H and O–H groups in total. The van der Waals surface area contributed by atoms with Gasteiger partial charge >= 0.3 is 0 Å². The highest BCUT2D eigenvalue weighted by Crippen LogP contribution is 2.44. The van der Waals surface area contributed by atoms with Crippen LogP contribution in [-0.2, 0) is 31.4 Å². The number of nitrogens with one attached hydrogen (secondary N) is 1. The number of hydrogen-bond donors (Lipinski definition) is 3. The number of rotatable bonds is 36. The fourth-order valence-corrected chi connectivity index (χ4v) is 17.9. The Kier molecular flexibility index (Phi) is 30.2. The molecule has 720 valence electrons. The van der Waals surface area contributed by atoms with Crippen molar-refractivity contribution in [2.75, 3.05) is 148 Å². The Hall–Kier alpha value is -14.2. The summed E-state index contributed by atoms with van der Waals surface area (Å²) in [7, 11) is 15.4. The Morgan fingerprint density at radius 3 is 1.07 bits per heavy atom. The maximum Gasteiger partial charge on any atom is 0.124 e. The minimum atomic E-state index is -0.188. The average molecular weight is 1890 g/mol. The normalized spacial score (nSPS) is 14.5. The molecule has 3 saturated carbocycles. The van der Waals surface area contributed by atoms with E-state index in [4.69, 9.17) is 90.9 Å². The molecule has 0 atom stereocenters. The summed E-state index contributed by atoms with van der Waals surface area (Å²) in [6.45, 7) is 12.3. The van der Waals surface area contributed by atoms with Crippen LogP contribution in [-0.4, -0.2) is 218 Å². The van der Waals surface area contributed by atoms with Crippen LogP contribution < -0.4 is 69.5 Å². The first-order valence-electron chi connectivity index (χ1n) is 47.7. The van der Waals surface area contributed by atoms with Gasteiger partial charge in [-0.25, -0.2) is 19.9 Å². The molecule has 8 aromatic carbocycles. The third kappa shape index (κ3) is 23.8. The first-order chi connectivity index (χ1) is 68.0. The highest BCUT2D eigenvalue weighted by atomic mass is 35.5. The van der Waals surface area contributed by atoms with Crippen molar-refractivity contribution in [3.8, 4) is 85.3 Å². The fraction of sp³-hybridized carbons (Fsp3) is 0.358. The SMILES string of the molecule is COc1cc(Cl)cc(N(CC2CC2)c2ccc3ncc(-c4cnn(C)c4)nc3c2)c1.COc1cc(OC)cc(N(CC2CC2)c2ccc3ncc(-c4cnn(CC5(OC)CCNCC5)c4)nc3c2)c1.COc1cc(OC)cc(N(CC2CC2)c2ccc3ncc(-c4cnn(CCN5CCCC5)c4)nc3c2)c1.COc1cc(OC)cc(N(CCN)c2ccc3ncc(-c4cnn(CCCN)c4)nc3c2)c1. The third-order valence-electron chi connectivity index (χ3n) is 26.1. The van der Waals surface area contributed by atoms with E-state index in [1.807, 2.05) is 143 Å². The van der Waals surface area contributed by atoms with Crippen molar-refractivity contribution in [2.45, 2.75) is 95.9 Å². The zero-order chi connectivity index (χ0) is 95.9. The van der Waals surface area contributed by atoms with E-state index >= 15 is 0 Å². The van der Waals surface area contributed by atoms with Gasteiger partial charge in [0.25, 0.3) is 0 Å². The molecule has 16 aromatic rings. The molecule has 2 saturated heterocycles. The van der Waals surface area contributed by atoms with Crippen LogP contribution in [0.15, 0.2) is 220 Å². The molecular weight excluding hydrogens is 1770 g/mol. The van der Waals surface area contributed by atoms with E-state index in [1.165, 1.54) is 64.5 Å². The molecule has 0 bridgehead atoms. The number of nitrogens with zero attached hydrogens (tertiary/aromatic N) is 21. The minimum Gasteiger partial charge on any atom is -0.497 e. The number of likely N-dealkylation sites (tertiary alicyclic amines) is 1. The van der Waals surface area contributed by atoms with Crippen molar-refractivity contribution in [3.63, 3.8) is 0 Å². The number of nitrogens with two attached hydrogens (primary N) is 2. The molecule has 0 radical (unpaired) electrons. The summed E-state index contributed by atoms with van der Waals surface area (Å²) in [5.41, 5.74) is 33.4. The van der Waals surface area contributed by atoms with Crippen molar-refractivity contribution in [1.82, 2.24) is 89.2 Å². The van der Waals surface area contributed by atoms with Crippen LogP contribution in [0.3, 0.4) is 0 Å². The van der Waals surface area contributed by atoms with Crippen LogP contribution >= 0.6 is 11.6 Å². The molecule has 32 nitrogen and oxygen atoms in total. The number of ether oxygens (including phenoxy) is 8. The molecule has 10 heterocycles. The van der Waals surface area contributed by atoms with Gasteiger partial charge < -0.3 is 79.2 Å². The van der Waals surface area contributed by atoms with Crippen molar-refractivity contribution < 1.29 is 37.9 Å². The summed E-state index contributed by atoms with van der Waals surface area (Å²) < 4.78 is 52.1. The highest BCUT2D eigenvalue weighted by molar-refractivity contribution is 6.31. The van der Waals surface area contributed by atoms with Gasteiger partial charge in [0.2, 0.25) is 0 Å². The summed E-state index contributed by atoms with van der Waals surface area (Å²) in [5.74, 6) is 7.32. The van der Waals surface area contributed by atoms with Crippen LogP contribution in [0.25, 0.3) is 89.2 Å². The van der Waals surface area contributed by atoms with Crippen LogP contribution in [0.2, 0.25) is 5.02 Å². The molecule has 2 aliphatic heterocycles. The molecule has 8 aromatic heterocycles. The molecule has 3 aliphatic carbocycles. The molecule has 0 spiro atoms. The Bertz CT molecular complexity index is 6820. The molecule has 0 amide bonds. The van der Waals surface area contributed by atoms with Crippen LogP contribution in [0, 0.1) is 17.8 Å². The number of hydrogen-bond acceptors (Lipinski definition) is 28. The van der Waals surface area contributed by atoms with E-state index in [2.05, 4.69) is 133 Å². The first kappa shape index (κ1) is 95.2. The standard InChI is InChI=1S/C30H36N6O3.C29H34N6O2.C24H29N7O2.C23H22ClN5O/c1-37-25-12-24(13-26(15-25)38-2)36(18-21-4-5-21)23-6-7-27-28(14-23)34-29(17-32-27)22-16-33-35(19-22)20-30(39-3)8-10-31-11-9-30;1-36-25-13-24(14-26(16-25)37-2)35(19-21-5-6-21)23-7-8-27-28(15-23)32-29(18-30-27)22-17-31-34(20-22)12-11-33-9-3-4-10-33;1-32-20-10-19(11-21(13-20)33-2)31(9-7-26)18-4-5-22-23(12-18)29-24(15-27-22)17-14-28-30(16-17)8-3-6-25;1-28-14-16(11-26-28)23-12-25-21-6-5-18(10-22(21)27-23)29(13-15-3-4-15)19-7-17(24)8-20(9-19)30-2/h6-7,12-17,19,21,31H,4-5,8-11,18,20H2,1-3H3;7-8,13-18,20-21H,3-6,9-12,19H2,1-2H3;4-5,10-16H,3,6-9,25-26H2,1-2H3;5-12,14-15H,3-4,13H2,1-2H3. The van der Waals surface area contributed by atoms with Crippen molar-refractivity contribution in [2.24, 2.45) is 36.3 Å². The first-order valence-corrected chi connectivity index (χ1v) is 48.0. The van der Waals surface area contributed by atoms with Gasteiger partial charge in [-0.05, 0) is 206 Å². The van der Waals surface area contributed by atoms with E-state index in [1.54, 1.807) is 86.3 Å². The van der Waals surface area contributed by atoms with Crippen LogP contribution in [0.4, 0.5) is 45.5 Å². The number of anilines is 8. The predicted molar refractivity (Wildman–Crippen MR) is 547 cm³/mol. The zero-order valence-electron chi connectivity index (χ0n) is 80.4. The van der Waals surface area contributed by atoms with Crippen LogP contribution in [0.5, 0.6) is 40.2 Å². The number of piperidine rings is 1. The number of fused-ring (bicyclic) bond motifs is 4. The fourth-order valence-electron chi connectivity index (χ4n) is 17.7. The molecule has 0 unspecified atom stereocenters. The summed E-state index contributed by atoms with van der Waals surface area (Å²) >= 11 is 6.36. The zero-order valence-corrected chi connectivity index (χ0v) is 81.1. The highest BCUT2D eigenvalue weighted by Gasteiger charge is 2.34. The quantitative estimate of drug-likeness (QED) is 0.0328. The second-order valence-corrected chi connectivity index (χ2v) is 36.5. The number of methoxy groups -OCH3 is 8. The number of aryl methyl sites for hydroxylation is 2. The molecule has 139 heavy (non-hydrogen) atoms. The molecular formula is C106H121ClN24O8. The van der Waals surface area contributed by atoms with Gasteiger partial charge in [0, 0.05) is 218 Å². The van der Waals surface area contributed by atoms with Gasteiger partial charge in [0.15, 0.2) is 0 Å². The predicted octanol–water partition coefficient (Wildman–Crippen LogP) is 18.2. The summed E-state index contributed by atoms with van der Waals surface area (Å²) in [6.07, 6.45) is 35.6. The van der Waals surface area contributed by atoms with E-state index in [-0.39, 0.29) is 5.60 Å². The maximum absolute atomic E-state index is 6.36. The Morgan fingerprint density at radius 1 is 0.367 bits per heavy atom. The van der Waals surface area contributed by atoms with E-state index in [9.17, 15) is 0 Å². The van der Waals surface area contributed by atoms with Crippen LogP contribution in [0.1, 0.15) is 70.6 Å². The lowest BCUT2D eigenvalue weighted by Gasteiger charge is -2.36. The van der Waals surface area contributed by atoms with Crippen molar-refractivity contribution >= 4 is 101 Å². The smallest absolute Gasteiger partial charge is 0.124 e. The van der Waals surface area contributed by atoms with Gasteiger partial charge in [-0.1, -0.05) is 11.6 Å². The van der Waals surface area contributed by atoms with Gasteiger partial charge in [-0.2, -0.15) is 20.4 Å². The van der Waals surface area contributed by atoms with E-state index in [0.29, 0.717) is 53.9 Å². The monoisotopic (exact) mass is 1890 g/mol. The van der Waals surface area contributed by atoms with Crippen molar-refractivity contribution in [3.05, 3.63) is 225 Å². The van der Waals surface area contributed by atoms with E-state index in [0.717, 1.165) is 242 Å². The summed E-state index contributed by atoms with van der Waals surface area (Å²) in [5, 5.41) is 21.9. The molecule has 5 aliphatic rings. The molecule has 33 heteroatoms. The Balaban J connectivity index is 0.000000123. The Labute approximate surface area is 814 Å². The maximum atomic E-state index is 6.36. The number of halogens is 1. The topological polar surface area (TPSA) is 329 Å². The molecule has 5 fully saturated rings. The number of aromatic nitrogens is 16. The van der Waals surface area contributed by atoms with Crippen molar-refractivity contribution in [1.29, 1.82) is 0 Å².